The standard InChI is InChI=1S/C16H21IN4/c1-5-11-9-18-8-7-12(11)15-20-14(10(3)4)13(17)16(21-15)19-6-2/h7-10H,5-6H2,1-4H3,(H,19,20,21). The molecule has 0 aliphatic carbocycles. The van der Waals surface area contributed by atoms with E-state index in [1.807, 2.05) is 12.3 Å². The molecule has 4 nitrogen and oxygen atoms in total. The molecule has 0 unspecified atom stereocenters. The van der Waals surface area contributed by atoms with Crippen molar-refractivity contribution in [3.63, 3.8) is 0 Å². The second kappa shape index (κ2) is 7.15. The number of nitrogens with one attached hydrogen (secondary N) is 1. The molecule has 5 heteroatoms. The van der Waals surface area contributed by atoms with Gasteiger partial charge in [0.2, 0.25) is 0 Å². The molecule has 2 aromatic heterocycles. The summed E-state index contributed by atoms with van der Waals surface area (Å²) in [6, 6.07) is 2.00. The molecule has 2 rings (SSSR count). The van der Waals surface area contributed by atoms with Crippen molar-refractivity contribution in [3.8, 4) is 11.4 Å². The second-order valence-electron chi connectivity index (χ2n) is 5.17. The molecular weight excluding hydrogens is 375 g/mol. The highest BCUT2D eigenvalue weighted by Crippen LogP contribution is 2.29. The van der Waals surface area contributed by atoms with Crippen molar-refractivity contribution < 1.29 is 0 Å². The lowest BCUT2D eigenvalue weighted by atomic mass is 10.1. The van der Waals surface area contributed by atoms with Crippen LogP contribution in [0.5, 0.6) is 0 Å². The average molecular weight is 396 g/mol. The van der Waals surface area contributed by atoms with Gasteiger partial charge >= 0.3 is 0 Å². The van der Waals surface area contributed by atoms with Crippen molar-refractivity contribution in [1.82, 2.24) is 15.0 Å². The molecule has 21 heavy (non-hydrogen) atoms. The number of anilines is 1. The second-order valence-corrected chi connectivity index (χ2v) is 6.25. The van der Waals surface area contributed by atoms with Crippen LogP contribution in [0.2, 0.25) is 0 Å². The molecule has 0 aliphatic rings. The van der Waals surface area contributed by atoms with Crippen LogP contribution in [0.25, 0.3) is 11.4 Å². The van der Waals surface area contributed by atoms with E-state index in [2.05, 4.69) is 60.6 Å². The van der Waals surface area contributed by atoms with Gasteiger partial charge in [0.1, 0.15) is 5.82 Å². The normalized spacial score (nSPS) is 11.0. The Balaban J connectivity index is 2.63. The third kappa shape index (κ3) is 3.51. The molecule has 0 aliphatic heterocycles. The van der Waals surface area contributed by atoms with E-state index in [-0.39, 0.29) is 0 Å². The summed E-state index contributed by atoms with van der Waals surface area (Å²) < 4.78 is 1.11. The van der Waals surface area contributed by atoms with Crippen molar-refractivity contribution in [3.05, 3.63) is 33.3 Å². The topological polar surface area (TPSA) is 50.7 Å². The minimum atomic E-state index is 0.364. The largest absolute Gasteiger partial charge is 0.369 e. The Hall–Kier alpha value is -1.24. The fourth-order valence-corrected chi connectivity index (χ4v) is 3.23. The van der Waals surface area contributed by atoms with Gasteiger partial charge in [0, 0.05) is 24.5 Å². The summed E-state index contributed by atoms with van der Waals surface area (Å²) in [6.07, 6.45) is 4.63. The van der Waals surface area contributed by atoms with Gasteiger partial charge in [0.25, 0.3) is 0 Å². The first-order valence-corrected chi connectivity index (χ1v) is 8.40. The Labute approximate surface area is 140 Å². The van der Waals surface area contributed by atoms with E-state index < -0.39 is 0 Å². The lowest BCUT2D eigenvalue weighted by molar-refractivity contribution is 0.808. The molecule has 0 saturated heterocycles. The van der Waals surface area contributed by atoms with Crippen molar-refractivity contribution in [2.45, 2.75) is 40.0 Å². The number of aryl methyl sites for hydroxylation is 1. The van der Waals surface area contributed by atoms with Crippen molar-refractivity contribution in [1.29, 1.82) is 0 Å². The smallest absolute Gasteiger partial charge is 0.162 e. The number of hydrogen-bond donors (Lipinski definition) is 1. The molecular formula is C16H21IN4. The first kappa shape index (κ1) is 16.1. The molecule has 112 valence electrons. The number of hydrogen-bond acceptors (Lipinski definition) is 4. The molecule has 0 amide bonds. The predicted molar refractivity (Wildman–Crippen MR) is 95.6 cm³/mol. The van der Waals surface area contributed by atoms with Crippen LogP contribution in [0.15, 0.2) is 18.5 Å². The number of rotatable bonds is 5. The van der Waals surface area contributed by atoms with Crippen LogP contribution in [0.1, 0.15) is 44.9 Å². The van der Waals surface area contributed by atoms with Crippen molar-refractivity contribution >= 4 is 28.4 Å². The maximum Gasteiger partial charge on any atom is 0.162 e. The van der Waals surface area contributed by atoms with E-state index in [9.17, 15) is 0 Å². The first-order valence-electron chi connectivity index (χ1n) is 7.33. The van der Waals surface area contributed by atoms with Gasteiger partial charge in [-0.25, -0.2) is 9.97 Å². The molecule has 2 heterocycles. The van der Waals surface area contributed by atoms with E-state index in [1.165, 1.54) is 5.56 Å². The maximum absolute atomic E-state index is 4.81. The van der Waals surface area contributed by atoms with Gasteiger partial charge in [-0.3, -0.25) is 4.98 Å². The van der Waals surface area contributed by atoms with Gasteiger partial charge in [-0.1, -0.05) is 20.8 Å². The van der Waals surface area contributed by atoms with Crippen molar-refractivity contribution in [2.75, 3.05) is 11.9 Å². The highest BCUT2D eigenvalue weighted by molar-refractivity contribution is 14.1. The zero-order chi connectivity index (χ0) is 15.4. The number of halogens is 1. The summed E-state index contributed by atoms with van der Waals surface area (Å²) in [5.41, 5.74) is 3.34. The van der Waals surface area contributed by atoms with E-state index in [0.717, 1.165) is 39.4 Å². The summed E-state index contributed by atoms with van der Waals surface area (Å²) in [5, 5.41) is 3.34. The minimum absolute atomic E-state index is 0.364. The lowest BCUT2D eigenvalue weighted by Gasteiger charge is -2.15. The Morgan fingerprint density at radius 1 is 1.24 bits per heavy atom. The highest BCUT2D eigenvalue weighted by Gasteiger charge is 2.16. The van der Waals surface area contributed by atoms with E-state index in [0.29, 0.717) is 5.92 Å². The quantitative estimate of drug-likeness (QED) is 0.768. The van der Waals surface area contributed by atoms with Crippen molar-refractivity contribution in [2.24, 2.45) is 0 Å². The van der Waals surface area contributed by atoms with Gasteiger partial charge < -0.3 is 5.32 Å². The number of aromatic nitrogens is 3. The zero-order valence-electron chi connectivity index (χ0n) is 12.9. The third-order valence-electron chi connectivity index (χ3n) is 3.29. The van der Waals surface area contributed by atoms with Gasteiger partial charge in [-0.05, 0) is 53.5 Å². The van der Waals surface area contributed by atoms with Crippen LogP contribution in [0, 0.1) is 3.57 Å². The van der Waals surface area contributed by atoms with Gasteiger partial charge in [-0.2, -0.15) is 0 Å². The van der Waals surface area contributed by atoms with E-state index in [4.69, 9.17) is 9.97 Å². The van der Waals surface area contributed by atoms with E-state index >= 15 is 0 Å². The summed E-state index contributed by atoms with van der Waals surface area (Å²) in [4.78, 5) is 13.7. The Bertz CT molecular complexity index is 626. The Kier molecular flexibility index (Phi) is 5.50. The lowest BCUT2D eigenvalue weighted by Crippen LogP contribution is -2.09. The summed E-state index contributed by atoms with van der Waals surface area (Å²) in [6.45, 7) is 9.38. The molecule has 0 spiro atoms. The SMILES string of the molecule is CCNc1nc(-c2ccncc2CC)nc(C(C)C)c1I. The average Bonchev–Trinajstić information content (AvgIpc) is 2.49. The molecule has 0 atom stereocenters. The van der Waals surface area contributed by atoms with Crippen LogP contribution < -0.4 is 5.32 Å². The molecule has 2 aromatic rings. The van der Waals surface area contributed by atoms with Crippen LogP contribution >= 0.6 is 22.6 Å². The summed E-state index contributed by atoms with van der Waals surface area (Å²) in [5.74, 6) is 2.07. The maximum atomic E-state index is 4.81. The fraction of sp³-hybridized carbons (Fsp3) is 0.438. The van der Waals surface area contributed by atoms with Gasteiger partial charge in [0.05, 0.1) is 9.26 Å². The molecule has 0 saturated carbocycles. The van der Waals surface area contributed by atoms with Crippen LogP contribution in [-0.2, 0) is 6.42 Å². The summed E-state index contributed by atoms with van der Waals surface area (Å²) >= 11 is 2.33. The first-order chi connectivity index (χ1) is 10.1. The monoisotopic (exact) mass is 396 g/mol. The van der Waals surface area contributed by atoms with Crippen LogP contribution in [-0.4, -0.2) is 21.5 Å². The number of nitrogens with zero attached hydrogens (tertiary/aromatic N) is 3. The highest BCUT2D eigenvalue weighted by atomic mass is 127. The van der Waals surface area contributed by atoms with E-state index in [1.54, 1.807) is 6.20 Å². The predicted octanol–water partition coefficient (Wildman–Crippen LogP) is 4.26. The molecule has 0 aromatic carbocycles. The van der Waals surface area contributed by atoms with Gasteiger partial charge in [-0.15, -0.1) is 0 Å². The molecule has 0 bridgehead atoms. The zero-order valence-corrected chi connectivity index (χ0v) is 15.1. The minimum Gasteiger partial charge on any atom is -0.369 e. The molecule has 0 fully saturated rings. The number of pyridine rings is 1. The van der Waals surface area contributed by atoms with Gasteiger partial charge in [0.15, 0.2) is 5.82 Å². The Morgan fingerprint density at radius 3 is 2.62 bits per heavy atom. The third-order valence-corrected chi connectivity index (χ3v) is 4.36. The Morgan fingerprint density at radius 2 is 2.00 bits per heavy atom. The summed E-state index contributed by atoms with van der Waals surface area (Å²) in [7, 11) is 0. The molecule has 1 N–H and O–H groups in total. The van der Waals surface area contributed by atoms with Crippen LogP contribution in [0.4, 0.5) is 5.82 Å². The van der Waals surface area contributed by atoms with Crippen LogP contribution in [0.3, 0.4) is 0 Å². The molecule has 0 radical (unpaired) electrons. The fourth-order valence-electron chi connectivity index (χ4n) is 2.18.